The van der Waals surface area contributed by atoms with Crippen LogP contribution in [-0.2, 0) is 9.05 Å². The summed E-state index contributed by atoms with van der Waals surface area (Å²) in [5.74, 6) is 0.0940. The SMILES string of the molecule is COc1c(Cl)cc(-c2nc(C#N)c(S(=O)(=O)Cl)o2)cc1Cl. The number of rotatable bonds is 3. The van der Waals surface area contributed by atoms with Gasteiger partial charge in [-0.3, -0.25) is 0 Å². The lowest BCUT2D eigenvalue weighted by Crippen LogP contribution is -1.90. The van der Waals surface area contributed by atoms with Gasteiger partial charge in [0.2, 0.25) is 5.89 Å². The van der Waals surface area contributed by atoms with Crippen molar-refractivity contribution in [3.8, 4) is 23.3 Å². The van der Waals surface area contributed by atoms with E-state index in [0.29, 0.717) is 0 Å². The zero-order valence-electron chi connectivity index (χ0n) is 10.2. The Labute approximate surface area is 134 Å². The first-order chi connectivity index (χ1) is 9.77. The van der Waals surface area contributed by atoms with E-state index in [1.165, 1.54) is 19.2 Å². The molecule has 0 fully saturated rings. The lowest BCUT2D eigenvalue weighted by Gasteiger charge is -2.06. The van der Waals surface area contributed by atoms with Gasteiger partial charge in [0, 0.05) is 16.2 Å². The molecule has 0 atom stereocenters. The number of nitriles is 1. The Hall–Kier alpha value is -1.46. The Kier molecular flexibility index (Phi) is 4.35. The fraction of sp³-hybridized carbons (Fsp3) is 0.0909. The molecule has 0 unspecified atom stereocenters. The second-order valence-corrected chi connectivity index (χ2v) is 6.96. The first-order valence-corrected chi connectivity index (χ1v) is 8.23. The monoisotopic (exact) mass is 366 g/mol. The molecule has 0 spiro atoms. The third-order valence-corrected chi connectivity index (χ3v) is 4.07. The van der Waals surface area contributed by atoms with Crippen LogP contribution in [0.1, 0.15) is 5.69 Å². The summed E-state index contributed by atoms with van der Waals surface area (Å²) in [5, 5.41) is 8.48. The van der Waals surface area contributed by atoms with Crippen LogP contribution in [0.5, 0.6) is 5.75 Å². The van der Waals surface area contributed by atoms with E-state index in [1.54, 1.807) is 6.07 Å². The van der Waals surface area contributed by atoms with Crippen molar-refractivity contribution in [2.24, 2.45) is 0 Å². The van der Waals surface area contributed by atoms with Gasteiger partial charge in [0.1, 0.15) is 6.07 Å². The van der Waals surface area contributed by atoms with E-state index in [9.17, 15) is 8.42 Å². The predicted octanol–water partition coefficient (Wildman–Crippen LogP) is 3.46. The van der Waals surface area contributed by atoms with Crippen molar-refractivity contribution in [1.29, 1.82) is 5.26 Å². The number of hydrogen-bond acceptors (Lipinski definition) is 6. The van der Waals surface area contributed by atoms with E-state index in [1.807, 2.05) is 0 Å². The highest BCUT2D eigenvalue weighted by atomic mass is 35.7. The maximum absolute atomic E-state index is 11.3. The fourth-order valence-electron chi connectivity index (χ4n) is 1.54. The maximum atomic E-state index is 11.3. The smallest absolute Gasteiger partial charge is 0.297 e. The van der Waals surface area contributed by atoms with Gasteiger partial charge in [0.15, 0.2) is 11.4 Å². The van der Waals surface area contributed by atoms with Crippen molar-refractivity contribution in [2.75, 3.05) is 7.11 Å². The zero-order valence-corrected chi connectivity index (χ0v) is 13.3. The quantitative estimate of drug-likeness (QED) is 0.771. The Morgan fingerprint density at radius 1 is 1.33 bits per heavy atom. The minimum absolute atomic E-state index is 0.155. The minimum Gasteiger partial charge on any atom is -0.494 e. The van der Waals surface area contributed by atoms with Crippen LogP contribution >= 0.6 is 33.9 Å². The number of ether oxygens (including phenoxy) is 1. The molecule has 1 aromatic carbocycles. The first kappa shape index (κ1) is 15.9. The van der Waals surface area contributed by atoms with Gasteiger partial charge in [0.25, 0.3) is 14.1 Å². The summed E-state index contributed by atoms with van der Waals surface area (Å²) in [6, 6.07) is 4.40. The number of methoxy groups -OCH3 is 1. The van der Waals surface area contributed by atoms with Gasteiger partial charge in [-0.2, -0.15) is 10.2 Å². The van der Waals surface area contributed by atoms with Gasteiger partial charge in [-0.1, -0.05) is 23.2 Å². The van der Waals surface area contributed by atoms with E-state index >= 15 is 0 Å². The van der Waals surface area contributed by atoms with Crippen LogP contribution in [0.2, 0.25) is 10.0 Å². The molecule has 0 saturated carbocycles. The number of halogens is 3. The van der Waals surface area contributed by atoms with E-state index in [-0.39, 0.29) is 27.2 Å². The van der Waals surface area contributed by atoms with Gasteiger partial charge in [-0.25, -0.2) is 8.42 Å². The maximum Gasteiger partial charge on any atom is 0.297 e. The van der Waals surface area contributed by atoms with Crippen molar-refractivity contribution in [1.82, 2.24) is 4.98 Å². The molecule has 0 amide bonds. The molecule has 0 aliphatic heterocycles. The van der Waals surface area contributed by atoms with Crippen molar-refractivity contribution in [2.45, 2.75) is 5.09 Å². The van der Waals surface area contributed by atoms with Crippen LogP contribution in [-0.4, -0.2) is 20.5 Å². The second-order valence-electron chi connectivity index (χ2n) is 3.68. The molecule has 21 heavy (non-hydrogen) atoms. The topological polar surface area (TPSA) is 93.2 Å². The van der Waals surface area contributed by atoms with Crippen molar-refractivity contribution >= 4 is 42.9 Å². The molecule has 1 heterocycles. The van der Waals surface area contributed by atoms with Gasteiger partial charge in [-0.15, -0.1) is 0 Å². The lowest BCUT2D eigenvalue weighted by atomic mass is 10.2. The molecule has 0 radical (unpaired) electrons. The molecule has 0 bridgehead atoms. The van der Waals surface area contributed by atoms with E-state index in [4.69, 9.17) is 48.3 Å². The third kappa shape index (κ3) is 3.09. The summed E-state index contributed by atoms with van der Waals surface area (Å²) in [4.78, 5) is 3.75. The van der Waals surface area contributed by atoms with Crippen molar-refractivity contribution < 1.29 is 17.6 Å². The molecule has 0 aliphatic rings. The number of hydrogen-bond donors (Lipinski definition) is 0. The van der Waals surface area contributed by atoms with Crippen LogP contribution in [0.3, 0.4) is 0 Å². The summed E-state index contributed by atoms with van der Waals surface area (Å²) in [6.07, 6.45) is 0. The van der Waals surface area contributed by atoms with E-state index in [0.717, 1.165) is 0 Å². The Morgan fingerprint density at radius 3 is 2.29 bits per heavy atom. The fourth-order valence-corrected chi connectivity index (χ4v) is 3.00. The summed E-state index contributed by atoms with van der Waals surface area (Å²) < 4.78 is 32.6. The molecular formula is C11H5Cl3N2O4S. The third-order valence-electron chi connectivity index (χ3n) is 2.37. The summed E-state index contributed by atoms with van der Waals surface area (Å²) in [7, 11) is 2.33. The van der Waals surface area contributed by atoms with Gasteiger partial charge < -0.3 is 9.15 Å². The molecule has 2 rings (SSSR count). The predicted molar refractivity (Wildman–Crippen MR) is 76.3 cm³/mol. The highest BCUT2D eigenvalue weighted by molar-refractivity contribution is 8.13. The molecular weight excluding hydrogens is 363 g/mol. The number of aromatic nitrogens is 1. The number of oxazole rings is 1. The minimum atomic E-state index is -4.24. The number of nitrogens with zero attached hydrogens (tertiary/aromatic N) is 2. The average molecular weight is 368 g/mol. The summed E-state index contributed by atoms with van der Waals surface area (Å²) in [5.41, 5.74) is -0.183. The molecule has 10 heteroatoms. The molecule has 110 valence electrons. The van der Waals surface area contributed by atoms with Crippen molar-refractivity contribution in [3.05, 3.63) is 27.9 Å². The Bertz CT molecular complexity index is 832. The first-order valence-electron chi connectivity index (χ1n) is 5.17. The van der Waals surface area contributed by atoms with Crippen LogP contribution in [0, 0.1) is 11.3 Å². The molecule has 1 aromatic heterocycles. The van der Waals surface area contributed by atoms with Gasteiger partial charge in [0.05, 0.1) is 17.2 Å². The number of benzene rings is 1. The molecule has 0 aliphatic carbocycles. The van der Waals surface area contributed by atoms with Crippen LogP contribution in [0.15, 0.2) is 21.6 Å². The standard InChI is InChI=1S/C11H5Cl3N2O4S/c1-19-9-6(12)2-5(3-7(9)13)10-16-8(4-15)11(20-10)21(14,17)18/h2-3H,1H3. The summed E-state index contributed by atoms with van der Waals surface area (Å²) in [6.45, 7) is 0. The molecule has 0 saturated heterocycles. The summed E-state index contributed by atoms with van der Waals surface area (Å²) >= 11 is 11.9. The van der Waals surface area contributed by atoms with Crippen LogP contribution in [0.25, 0.3) is 11.5 Å². The Morgan fingerprint density at radius 2 is 1.90 bits per heavy atom. The van der Waals surface area contributed by atoms with E-state index < -0.39 is 19.8 Å². The molecule has 2 aromatic rings. The average Bonchev–Trinajstić information content (AvgIpc) is 2.82. The second kappa shape index (κ2) is 5.73. The Balaban J connectivity index is 2.64. The normalized spacial score (nSPS) is 11.2. The molecule has 0 N–H and O–H groups in total. The van der Waals surface area contributed by atoms with Crippen LogP contribution in [0.4, 0.5) is 0 Å². The largest absolute Gasteiger partial charge is 0.494 e. The van der Waals surface area contributed by atoms with E-state index in [2.05, 4.69) is 4.98 Å². The van der Waals surface area contributed by atoms with Crippen LogP contribution < -0.4 is 4.74 Å². The lowest BCUT2D eigenvalue weighted by molar-refractivity contribution is 0.415. The van der Waals surface area contributed by atoms with Crippen molar-refractivity contribution in [3.63, 3.8) is 0 Å². The highest BCUT2D eigenvalue weighted by Gasteiger charge is 2.25. The highest BCUT2D eigenvalue weighted by Crippen LogP contribution is 2.38. The van der Waals surface area contributed by atoms with Gasteiger partial charge >= 0.3 is 0 Å². The zero-order chi connectivity index (χ0) is 15.8. The molecule has 6 nitrogen and oxygen atoms in total. The van der Waals surface area contributed by atoms with Gasteiger partial charge in [-0.05, 0) is 12.1 Å².